The van der Waals surface area contributed by atoms with E-state index in [0.717, 1.165) is 11.1 Å². The lowest BCUT2D eigenvalue weighted by Crippen LogP contribution is -2.24. The first kappa shape index (κ1) is 17.3. The van der Waals surface area contributed by atoms with Crippen LogP contribution in [0.1, 0.15) is 11.1 Å². The number of nitrogen functional groups attached to an aromatic ring is 1. The van der Waals surface area contributed by atoms with Gasteiger partial charge in [-0.1, -0.05) is 12.1 Å². The third-order valence-electron chi connectivity index (χ3n) is 3.50. The Bertz CT molecular complexity index is 727. The van der Waals surface area contributed by atoms with Crippen LogP contribution in [0.3, 0.4) is 0 Å². The van der Waals surface area contributed by atoms with Gasteiger partial charge in [0.25, 0.3) is 0 Å². The van der Waals surface area contributed by atoms with Crippen LogP contribution < -0.4 is 15.2 Å². The van der Waals surface area contributed by atoms with Gasteiger partial charge in [-0.3, -0.25) is 4.79 Å². The number of nitrogens with two attached hydrogens (primary N) is 1. The summed E-state index contributed by atoms with van der Waals surface area (Å²) in [6.07, 6.45) is 4.82. The number of ether oxygens (including phenoxy) is 2. The van der Waals surface area contributed by atoms with Gasteiger partial charge in [0.1, 0.15) is 5.82 Å². The molecule has 0 saturated heterocycles. The van der Waals surface area contributed by atoms with Crippen molar-refractivity contribution in [3.05, 3.63) is 53.7 Å². The highest BCUT2D eigenvalue weighted by molar-refractivity contribution is 5.91. The van der Waals surface area contributed by atoms with Gasteiger partial charge in [-0.15, -0.1) is 0 Å². The SMILES string of the molecule is COc1cccc(CN(C)C(=O)C=Cc2ccc(N)nc2)c1OC. The van der Waals surface area contributed by atoms with Crippen LogP contribution in [0, 0.1) is 0 Å². The van der Waals surface area contributed by atoms with Crippen molar-refractivity contribution in [1.29, 1.82) is 0 Å². The molecular formula is C18H21N3O3. The largest absolute Gasteiger partial charge is 0.493 e. The number of hydrogen-bond donors (Lipinski definition) is 1. The van der Waals surface area contributed by atoms with Crippen molar-refractivity contribution in [3.63, 3.8) is 0 Å². The molecule has 0 aliphatic carbocycles. The van der Waals surface area contributed by atoms with Crippen LogP contribution in [-0.2, 0) is 11.3 Å². The Balaban J connectivity index is 2.08. The average molecular weight is 327 g/mol. The maximum Gasteiger partial charge on any atom is 0.246 e. The highest BCUT2D eigenvalue weighted by Gasteiger charge is 2.13. The second kappa shape index (κ2) is 8.01. The van der Waals surface area contributed by atoms with Crippen molar-refractivity contribution in [3.8, 4) is 11.5 Å². The minimum atomic E-state index is -0.128. The summed E-state index contributed by atoms with van der Waals surface area (Å²) >= 11 is 0. The second-order valence-electron chi connectivity index (χ2n) is 5.20. The summed E-state index contributed by atoms with van der Waals surface area (Å²) in [4.78, 5) is 17.8. The van der Waals surface area contributed by atoms with E-state index in [-0.39, 0.29) is 5.91 Å². The number of hydrogen-bond acceptors (Lipinski definition) is 5. The van der Waals surface area contributed by atoms with Gasteiger partial charge in [0.05, 0.1) is 14.2 Å². The van der Waals surface area contributed by atoms with E-state index in [1.54, 1.807) is 50.6 Å². The van der Waals surface area contributed by atoms with Gasteiger partial charge in [-0.05, 0) is 29.8 Å². The highest BCUT2D eigenvalue weighted by atomic mass is 16.5. The highest BCUT2D eigenvalue weighted by Crippen LogP contribution is 2.31. The standard InChI is InChI=1S/C18H21N3O3/c1-21(12-14-5-4-6-15(23-2)18(14)24-3)17(22)10-8-13-7-9-16(19)20-11-13/h4-11H,12H2,1-3H3,(H2,19,20). The summed E-state index contributed by atoms with van der Waals surface area (Å²) in [5.41, 5.74) is 7.22. The molecule has 0 aliphatic rings. The van der Waals surface area contributed by atoms with E-state index in [0.29, 0.717) is 23.9 Å². The Hall–Kier alpha value is -3.02. The van der Waals surface area contributed by atoms with Crippen LogP contribution in [-0.4, -0.2) is 37.1 Å². The second-order valence-corrected chi connectivity index (χ2v) is 5.20. The van der Waals surface area contributed by atoms with Crippen molar-refractivity contribution >= 4 is 17.8 Å². The molecule has 6 nitrogen and oxygen atoms in total. The number of carbonyl (C=O) groups excluding carboxylic acids is 1. The van der Waals surface area contributed by atoms with E-state index in [9.17, 15) is 4.79 Å². The van der Waals surface area contributed by atoms with E-state index in [4.69, 9.17) is 15.2 Å². The normalized spacial score (nSPS) is 10.6. The van der Waals surface area contributed by atoms with Gasteiger partial charge in [-0.2, -0.15) is 0 Å². The van der Waals surface area contributed by atoms with E-state index < -0.39 is 0 Å². The fraction of sp³-hybridized carbons (Fsp3) is 0.222. The molecule has 24 heavy (non-hydrogen) atoms. The number of para-hydroxylation sites is 1. The number of likely N-dealkylation sites (N-methyl/N-ethyl adjacent to an activating group) is 1. The Labute approximate surface area is 141 Å². The molecule has 0 atom stereocenters. The summed E-state index contributed by atoms with van der Waals surface area (Å²) in [5, 5.41) is 0. The van der Waals surface area contributed by atoms with E-state index in [1.165, 1.54) is 6.08 Å². The van der Waals surface area contributed by atoms with Crippen LogP contribution in [0.25, 0.3) is 6.08 Å². The zero-order valence-electron chi connectivity index (χ0n) is 14.0. The lowest BCUT2D eigenvalue weighted by atomic mass is 10.1. The lowest BCUT2D eigenvalue weighted by Gasteiger charge is -2.18. The number of anilines is 1. The van der Waals surface area contributed by atoms with E-state index in [1.807, 2.05) is 18.2 Å². The quantitative estimate of drug-likeness (QED) is 0.824. The zero-order valence-corrected chi connectivity index (χ0v) is 14.0. The first-order valence-electron chi connectivity index (χ1n) is 7.39. The summed E-state index contributed by atoms with van der Waals surface area (Å²) in [6.45, 7) is 0.406. The van der Waals surface area contributed by atoms with Gasteiger partial charge < -0.3 is 20.1 Å². The summed E-state index contributed by atoms with van der Waals surface area (Å²) in [6, 6.07) is 9.08. The number of carbonyl (C=O) groups is 1. The van der Waals surface area contributed by atoms with Crippen molar-refractivity contribution in [1.82, 2.24) is 9.88 Å². The summed E-state index contributed by atoms with van der Waals surface area (Å²) < 4.78 is 10.7. The average Bonchev–Trinajstić information content (AvgIpc) is 2.60. The molecule has 0 aliphatic heterocycles. The van der Waals surface area contributed by atoms with Crippen LogP contribution in [0.2, 0.25) is 0 Å². The molecule has 0 bridgehead atoms. The monoisotopic (exact) mass is 327 g/mol. The topological polar surface area (TPSA) is 77.7 Å². The molecule has 1 aromatic heterocycles. The maximum absolute atomic E-state index is 12.3. The van der Waals surface area contributed by atoms with Crippen LogP contribution in [0.4, 0.5) is 5.82 Å². The third kappa shape index (κ3) is 4.25. The minimum absolute atomic E-state index is 0.128. The smallest absolute Gasteiger partial charge is 0.246 e. The number of amides is 1. The Morgan fingerprint density at radius 1 is 1.25 bits per heavy atom. The number of benzene rings is 1. The fourth-order valence-corrected chi connectivity index (χ4v) is 2.22. The fourth-order valence-electron chi connectivity index (χ4n) is 2.22. The lowest BCUT2D eigenvalue weighted by molar-refractivity contribution is -0.125. The third-order valence-corrected chi connectivity index (χ3v) is 3.50. The van der Waals surface area contributed by atoms with Crippen molar-refractivity contribution < 1.29 is 14.3 Å². The van der Waals surface area contributed by atoms with Crippen molar-refractivity contribution in [2.75, 3.05) is 27.0 Å². The number of methoxy groups -OCH3 is 2. The van der Waals surface area contributed by atoms with Gasteiger partial charge in [0.2, 0.25) is 5.91 Å². The van der Waals surface area contributed by atoms with Crippen LogP contribution >= 0.6 is 0 Å². The predicted octanol–water partition coefficient (Wildman–Crippen LogP) is 2.35. The zero-order chi connectivity index (χ0) is 17.5. The van der Waals surface area contributed by atoms with Gasteiger partial charge in [0.15, 0.2) is 11.5 Å². The Kier molecular flexibility index (Phi) is 5.78. The first-order chi connectivity index (χ1) is 11.5. The molecule has 1 heterocycles. The molecule has 0 radical (unpaired) electrons. The molecule has 0 spiro atoms. The van der Waals surface area contributed by atoms with Crippen molar-refractivity contribution in [2.24, 2.45) is 0 Å². The number of nitrogens with zero attached hydrogens (tertiary/aromatic N) is 2. The first-order valence-corrected chi connectivity index (χ1v) is 7.39. The molecular weight excluding hydrogens is 306 g/mol. The number of pyridine rings is 1. The van der Waals surface area contributed by atoms with Gasteiger partial charge in [0, 0.05) is 31.4 Å². The molecule has 6 heteroatoms. The molecule has 2 N–H and O–H groups in total. The molecule has 0 unspecified atom stereocenters. The molecule has 2 aromatic rings. The van der Waals surface area contributed by atoms with Crippen LogP contribution in [0.5, 0.6) is 11.5 Å². The molecule has 0 saturated carbocycles. The summed E-state index contributed by atoms with van der Waals surface area (Å²) in [7, 11) is 4.89. The van der Waals surface area contributed by atoms with Gasteiger partial charge >= 0.3 is 0 Å². The van der Waals surface area contributed by atoms with Gasteiger partial charge in [-0.25, -0.2) is 4.98 Å². The summed E-state index contributed by atoms with van der Waals surface area (Å²) in [5.74, 6) is 1.59. The van der Waals surface area contributed by atoms with Crippen LogP contribution in [0.15, 0.2) is 42.6 Å². The minimum Gasteiger partial charge on any atom is -0.493 e. The number of aromatic nitrogens is 1. The van der Waals surface area contributed by atoms with E-state index in [2.05, 4.69) is 4.98 Å². The predicted molar refractivity (Wildman–Crippen MR) is 93.7 cm³/mol. The van der Waals surface area contributed by atoms with Crippen molar-refractivity contribution in [2.45, 2.75) is 6.54 Å². The molecule has 2 rings (SSSR count). The number of rotatable bonds is 6. The molecule has 0 fully saturated rings. The van der Waals surface area contributed by atoms with E-state index >= 15 is 0 Å². The molecule has 126 valence electrons. The molecule has 1 aromatic carbocycles. The molecule has 1 amide bonds. The Morgan fingerprint density at radius 3 is 2.67 bits per heavy atom. The Morgan fingerprint density at radius 2 is 2.04 bits per heavy atom. The maximum atomic E-state index is 12.3.